The molecule has 0 aromatic heterocycles. The van der Waals surface area contributed by atoms with Crippen molar-refractivity contribution < 1.29 is 4.79 Å². The van der Waals surface area contributed by atoms with Crippen molar-refractivity contribution in [2.75, 3.05) is 19.6 Å². The van der Waals surface area contributed by atoms with Gasteiger partial charge in [0.1, 0.15) is 0 Å². The van der Waals surface area contributed by atoms with Gasteiger partial charge in [-0.25, -0.2) is 0 Å². The first-order valence-electron chi connectivity index (χ1n) is 6.20. The third-order valence-electron chi connectivity index (χ3n) is 3.74. The van der Waals surface area contributed by atoms with E-state index in [4.69, 9.17) is 0 Å². The van der Waals surface area contributed by atoms with Crippen molar-refractivity contribution in [2.45, 2.75) is 51.2 Å². The summed E-state index contributed by atoms with van der Waals surface area (Å²) in [7, 11) is 0. The minimum atomic E-state index is -0.0316. The first kappa shape index (κ1) is 11.1. The normalized spacial score (nSPS) is 31.7. The number of hydrogen-bond donors (Lipinski definition) is 0. The fourth-order valence-electron chi connectivity index (χ4n) is 2.89. The molecule has 0 bridgehead atoms. The molecule has 0 spiro atoms. The predicted octanol–water partition coefficient (Wildman–Crippen LogP) is 1.39. The monoisotopic (exact) mass is 209 g/mol. The summed E-state index contributed by atoms with van der Waals surface area (Å²) in [6, 6.07) is -0.0316. The summed E-state index contributed by atoms with van der Waals surface area (Å²) >= 11 is 0. The maximum atomic E-state index is 10.8. The van der Waals surface area contributed by atoms with E-state index in [9.17, 15) is 4.79 Å². The lowest BCUT2D eigenvalue weighted by molar-refractivity contribution is 0.0181. The van der Waals surface area contributed by atoms with Crippen molar-refractivity contribution in [3.05, 3.63) is 0 Å². The lowest BCUT2D eigenvalue weighted by Gasteiger charge is -2.42. The maximum Gasteiger partial charge on any atom is 0.216 e. The summed E-state index contributed by atoms with van der Waals surface area (Å²) in [5.41, 5.74) is 0. The van der Waals surface area contributed by atoms with Crippen LogP contribution in [0.2, 0.25) is 0 Å². The summed E-state index contributed by atoms with van der Waals surface area (Å²) in [6.07, 6.45) is 9.06. The van der Waals surface area contributed by atoms with Crippen LogP contribution in [-0.4, -0.2) is 47.9 Å². The fourth-order valence-corrected chi connectivity index (χ4v) is 2.89. The molecule has 0 saturated carbocycles. The summed E-state index contributed by atoms with van der Waals surface area (Å²) in [5, 5.41) is 0. The summed E-state index contributed by atoms with van der Waals surface area (Å²) in [5.74, 6) is 0. The van der Waals surface area contributed by atoms with Crippen molar-refractivity contribution in [3.63, 3.8) is 0 Å². The van der Waals surface area contributed by atoms with Gasteiger partial charge in [-0.05, 0) is 52.1 Å². The predicted molar refractivity (Wildman–Crippen MR) is 60.3 cm³/mol. The quantitative estimate of drug-likeness (QED) is 0.702. The van der Waals surface area contributed by atoms with Crippen LogP contribution in [0.25, 0.3) is 0 Å². The van der Waals surface area contributed by atoms with Gasteiger partial charge in [0.05, 0.1) is 12.2 Å². The van der Waals surface area contributed by atoms with Crippen molar-refractivity contribution in [1.29, 1.82) is 0 Å². The molecule has 2 atom stereocenters. The standard InChI is InChI=1S/C12H21N2O/c1-11(10-15)14-9-3-2-6-12(14)13-7-4-5-8-13/h11-12H,2-9H2,1H3. The first-order valence-corrected chi connectivity index (χ1v) is 6.20. The van der Waals surface area contributed by atoms with Crippen LogP contribution in [-0.2, 0) is 4.79 Å². The minimum absolute atomic E-state index is 0.0316. The average Bonchev–Trinajstić information content (AvgIpc) is 2.81. The number of nitrogens with zero attached hydrogens (tertiary/aromatic N) is 2. The second-order valence-corrected chi connectivity index (χ2v) is 4.75. The minimum Gasteiger partial charge on any atom is -0.289 e. The average molecular weight is 209 g/mol. The van der Waals surface area contributed by atoms with Gasteiger partial charge in [0.25, 0.3) is 0 Å². The molecule has 3 nitrogen and oxygen atoms in total. The van der Waals surface area contributed by atoms with Crippen LogP contribution in [0.15, 0.2) is 0 Å². The van der Waals surface area contributed by atoms with Gasteiger partial charge in [0, 0.05) is 6.54 Å². The molecule has 15 heavy (non-hydrogen) atoms. The third-order valence-corrected chi connectivity index (χ3v) is 3.74. The second kappa shape index (κ2) is 5.08. The Morgan fingerprint density at radius 3 is 2.47 bits per heavy atom. The van der Waals surface area contributed by atoms with Crippen LogP contribution in [0, 0.1) is 0 Å². The Kier molecular flexibility index (Phi) is 3.76. The van der Waals surface area contributed by atoms with Crippen LogP contribution >= 0.6 is 0 Å². The van der Waals surface area contributed by atoms with E-state index in [0.29, 0.717) is 6.17 Å². The lowest BCUT2D eigenvalue weighted by atomic mass is 10.0. The zero-order chi connectivity index (χ0) is 10.7. The van der Waals surface area contributed by atoms with E-state index < -0.39 is 0 Å². The van der Waals surface area contributed by atoms with Gasteiger partial charge in [-0.15, -0.1) is 0 Å². The van der Waals surface area contributed by atoms with Gasteiger partial charge in [-0.1, -0.05) is 0 Å². The zero-order valence-corrected chi connectivity index (χ0v) is 9.61. The van der Waals surface area contributed by atoms with Gasteiger partial charge < -0.3 is 0 Å². The highest BCUT2D eigenvalue weighted by atomic mass is 16.1. The van der Waals surface area contributed by atoms with Gasteiger partial charge >= 0.3 is 0 Å². The topological polar surface area (TPSA) is 23.6 Å². The Balaban J connectivity index is 2.01. The molecule has 2 aliphatic rings. The van der Waals surface area contributed by atoms with Gasteiger partial charge in [-0.3, -0.25) is 14.6 Å². The highest BCUT2D eigenvalue weighted by molar-refractivity contribution is 5.57. The van der Waals surface area contributed by atoms with Gasteiger partial charge in [0.15, 0.2) is 0 Å². The molecule has 85 valence electrons. The zero-order valence-electron chi connectivity index (χ0n) is 9.61. The van der Waals surface area contributed by atoms with Crippen LogP contribution in [0.3, 0.4) is 0 Å². The fraction of sp³-hybridized carbons (Fsp3) is 0.917. The molecule has 0 aromatic carbocycles. The molecule has 1 radical (unpaired) electrons. The van der Waals surface area contributed by atoms with Crippen molar-refractivity contribution >= 4 is 6.29 Å². The summed E-state index contributed by atoms with van der Waals surface area (Å²) in [4.78, 5) is 15.7. The largest absolute Gasteiger partial charge is 0.289 e. The van der Waals surface area contributed by atoms with Crippen LogP contribution in [0.4, 0.5) is 0 Å². The molecule has 0 aliphatic carbocycles. The molecule has 2 aliphatic heterocycles. The number of carbonyl (C=O) groups excluding carboxylic acids is 1. The van der Waals surface area contributed by atoms with Crippen LogP contribution < -0.4 is 0 Å². The third kappa shape index (κ3) is 2.40. The van der Waals surface area contributed by atoms with Gasteiger partial charge in [0.2, 0.25) is 6.29 Å². The van der Waals surface area contributed by atoms with Crippen molar-refractivity contribution in [1.82, 2.24) is 9.80 Å². The van der Waals surface area contributed by atoms with E-state index in [-0.39, 0.29) is 6.04 Å². The smallest absolute Gasteiger partial charge is 0.216 e. The first-order chi connectivity index (χ1) is 7.33. The molecule has 2 rings (SSSR count). The molecule has 2 saturated heterocycles. The molecule has 3 heteroatoms. The highest BCUT2D eigenvalue weighted by Crippen LogP contribution is 2.25. The Bertz CT molecular complexity index is 214. The second-order valence-electron chi connectivity index (χ2n) is 4.75. The van der Waals surface area contributed by atoms with E-state index in [1.807, 2.05) is 6.92 Å². The molecule has 2 heterocycles. The SMILES string of the molecule is CC([C]=O)N1CCCCC1N1CCCC1. The number of piperidine rings is 1. The molecule has 0 aromatic rings. The van der Waals surface area contributed by atoms with Gasteiger partial charge in [-0.2, -0.15) is 0 Å². The number of hydrogen-bond acceptors (Lipinski definition) is 3. The van der Waals surface area contributed by atoms with Crippen molar-refractivity contribution in [2.24, 2.45) is 0 Å². The molecule has 0 amide bonds. The maximum absolute atomic E-state index is 10.8. The lowest BCUT2D eigenvalue weighted by Crippen LogP contribution is -2.53. The number of likely N-dealkylation sites (tertiary alicyclic amines) is 2. The summed E-state index contributed by atoms with van der Waals surface area (Å²) in [6.45, 7) is 5.47. The van der Waals surface area contributed by atoms with Crippen molar-refractivity contribution in [3.8, 4) is 0 Å². The molecule has 2 fully saturated rings. The Morgan fingerprint density at radius 1 is 1.13 bits per heavy atom. The van der Waals surface area contributed by atoms with E-state index in [1.165, 1.54) is 45.2 Å². The molecular formula is C12H21N2O. The molecular weight excluding hydrogens is 188 g/mol. The number of rotatable bonds is 3. The van der Waals surface area contributed by atoms with E-state index in [2.05, 4.69) is 16.1 Å². The van der Waals surface area contributed by atoms with Crippen LogP contribution in [0.5, 0.6) is 0 Å². The van der Waals surface area contributed by atoms with E-state index in [1.54, 1.807) is 0 Å². The van der Waals surface area contributed by atoms with Crippen LogP contribution in [0.1, 0.15) is 39.0 Å². The highest BCUT2D eigenvalue weighted by Gasteiger charge is 2.32. The Hall–Kier alpha value is -0.410. The van der Waals surface area contributed by atoms with E-state index >= 15 is 0 Å². The summed E-state index contributed by atoms with van der Waals surface area (Å²) < 4.78 is 0. The molecule has 2 unspecified atom stereocenters. The van der Waals surface area contributed by atoms with E-state index in [0.717, 1.165) is 6.54 Å². The Labute approximate surface area is 92.4 Å². The Morgan fingerprint density at radius 2 is 1.80 bits per heavy atom. The molecule has 0 N–H and O–H groups in total.